The Kier molecular flexibility index (Phi) is 7.83. The van der Waals surface area contributed by atoms with E-state index in [0.717, 1.165) is 23.5 Å². The molecule has 4 rings (SSSR count). The van der Waals surface area contributed by atoms with Gasteiger partial charge in [-0.15, -0.1) is 0 Å². The number of aromatic nitrogens is 2. The molecule has 0 unspecified atom stereocenters. The Labute approximate surface area is 212 Å². The van der Waals surface area contributed by atoms with Crippen molar-refractivity contribution in [3.8, 4) is 0 Å². The first-order valence-electron chi connectivity index (χ1n) is 11.9. The lowest BCUT2D eigenvalue weighted by molar-refractivity contribution is -0.116. The van der Waals surface area contributed by atoms with Gasteiger partial charge in [-0.2, -0.15) is 0 Å². The molecule has 2 aromatic heterocycles. The molecule has 7 nitrogen and oxygen atoms in total. The molecule has 0 spiro atoms. The second-order valence-electron chi connectivity index (χ2n) is 8.90. The third-order valence-corrected chi connectivity index (χ3v) is 7.00. The van der Waals surface area contributed by atoms with Gasteiger partial charge in [-0.1, -0.05) is 24.3 Å². The van der Waals surface area contributed by atoms with Gasteiger partial charge in [-0.05, 0) is 68.4 Å². The van der Waals surface area contributed by atoms with Crippen LogP contribution < -0.4 is 10.6 Å². The van der Waals surface area contributed by atoms with E-state index in [1.807, 2.05) is 49.4 Å². The van der Waals surface area contributed by atoms with E-state index < -0.39 is 0 Å². The van der Waals surface area contributed by atoms with E-state index in [-0.39, 0.29) is 18.0 Å². The van der Waals surface area contributed by atoms with Crippen LogP contribution in [0.5, 0.6) is 0 Å². The van der Waals surface area contributed by atoms with Gasteiger partial charge in [-0.25, -0.2) is 0 Å². The second kappa shape index (κ2) is 11.0. The van der Waals surface area contributed by atoms with Crippen LogP contribution in [0.3, 0.4) is 0 Å². The Bertz CT molecular complexity index is 1190. The summed E-state index contributed by atoms with van der Waals surface area (Å²) in [6.45, 7) is 8.16. The number of para-hydroxylation sites is 1. The van der Waals surface area contributed by atoms with Gasteiger partial charge < -0.3 is 24.8 Å². The third-order valence-electron chi connectivity index (χ3n) is 6.65. The number of carbonyl (C=O) groups is 1. The minimum Gasteiger partial charge on any atom is -0.383 e. The highest BCUT2D eigenvalue weighted by Crippen LogP contribution is 2.40. The molecule has 1 aliphatic rings. The first-order valence-corrected chi connectivity index (χ1v) is 12.3. The number of rotatable bonds is 9. The van der Waals surface area contributed by atoms with Crippen LogP contribution >= 0.6 is 12.2 Å². The maximum Gasteiger partial charge on any atom is 0.226 e. The van der Waals surface area contributed by atoms with Gasteiger partial charge in [0.1, 0.15) is 0 Å². The number of methoxy groups -OCH3 is 1. The molecule has 8 heteroatoms. The lowest BCUT2D eigenvalue weighted by Gasteiger charge is -2.28. The molecule has 0 saturated carbocycles. The molecule has 0 aliphatic carbocycles. The molecule has 1 saturated heterocycles. The first kappa shape index (κ1) is 24.9. The minimum atomic E-state index is -0.112. The van der Waals surface area contributed by atoms with Crippen LogP contribution in [0.2, 0.25) is 0 Å². The average Bonchev–Trinajstić information content (AvgIpc) is 3.33. The number of aryl methyl sites for hydroxylation is 2. The van der Waals surface area contributed by atoms with Gasteiger partial charge in [0.2, 0.25) is 5.91 Å². The van der Waals surface area contributed by atoms with Crippen molar-refractivity contribution < 1.29 is 9.53 Å². The number of anilines is 1. The van der Waals surface area contributed by atoms with Crippen molar-refractivity contribution in [1.82, 2.24) is 19.8 Å². The van der Waals surface area contributed by atoms with E-state index in [1.165, 1.54) is 17.0 Å². The molecule has 35 heavy (non-hydrogen) atoms. The average molecular weight is 492 g/mol. The van der Waals surface area contributed by atoms with Crippen molar-refractivity contribution in [2.45, 2.75) is 45.8 Å². The Morgan fingerprint density at radius 2 is 1.91 bits per heavy atom. The normalized spacial score (nSPS) is 17.5. The van der Waals surface area contributed by atoms with Crippen molar-refractivity contribution in [2.24, 2.45) is 0 Å². The Hall–Kier alpha value is -3.23. The van der Waals surface area contributed by atoms with E-state index in [2.05, 4.69) is 45.0 Å². The standard InChI is InChI=1S/C27H33N5O2S/c1-18-9-5-6-10-22(18)29-24(33)12-14-32-26(21-17-19(2)31(20(21)3)15-16-34-4)25(30-27(32)35)23-11-7-8-13-28-23/h5-11,13,17,25-26H,12,14-16H2,1-4H3,(H,29,33)(H,30,35)/t25-,26-/m1/s1. The molecule has 0 radical (unpaired) electrons. The van der Waals surface area contributed by atoms with Crippen LogP contribution in [-0.4, -0.2) is 45.7 Å². The number of nitrogens with zero attached hydrogens (tertiary/aromatic N) is 3. The molecular weight excluding hydrogens is 458 g/mol. The van der Waals surface area contributed by atoms with Gasteiger partial charge >= 0.3 is 0 Å². The maximum absolute atomic E-state index is 12.8. The summed E-state index contributed by atoms with van der Waals surface area (Å²) in [5.74, 6) is -0.0345. The van der Waals surface area contributed by atoms with Crippen molar-refractivity contribution >= 4 is 28.9 Å². The summed E-state index contributed by atoms with van der Waals surface area (Å²) >= 11 is 5.78. The fraction of sp³-hybridized carbons (Fsp3) is 0.370. The minimum absolute atomic E-state index is 0.0345. The molecule has 184 valence electrons. The van der Waals surface area contributed by atoms with E-state index in [9.17, 15) is 4.79 Å². The summed E-state index contributed by atoms with van der Waals surface area (Å²) in [5, 5.41) is 7.15. The zero-order valence-corrected chi connectivity index (χ0v) is 21.6. The highest BCUT2D eigenvalue weighted by Gasteiger charge is 2.41. The Morgan fingerprint density at radius 1 is 1.14 bits per heavy atom. The highest BCUT2D eigenvalue weighted by atomic mass is 32.1. The van der Waals surface area contributed by atoms with Crippen molar-refractivity contribution in [2.75, 3.05) is 25.6 Å². The smallest absolute Gasteiger partial charge is 0.226 e. The van der Waals surface area contributed by atoms with Gasteiger partial charge in [0.05, 0.1) is 24.4 Å². The predicted octanol–water partition coefficient (Wildman–Crippen LogP) is 4.46. The Morgan fingerprint density at radius 3 is 2.63 bits per heavy atom. The van der Waals surface area contributed by atoms with Gasteiger partial charge in [0.25, 0.3) is 0 Å². The quantitative estimate of drug-likeness (QED) is 0.431. The highest BCUT2D eigenvalue weighted by molar-refractivity contribution is 7.80. The molecule has 3 heterocycles. The molecule has 2 N–H and O–H groups in total. The largest absolute Gasteiger partial charge is 0.383 e. The molecule has 1 fully saturated rings. The maximum atomic E-state index is 12.8. The predicted molar refractivity (Wildman–Crippen MR) is 142 cm³/mol. The van der Waals surface area contributed by atoms with Crippen LogP contribution in [0.15, 0.2) is 54.7 Å². The zero-order valence-electron chi connectivity index (χ0n) is 20.7. The second-order valence-corrected chi connectivity index (χ2v) is 9.29. The fourth-order valence-electron chi connectivity index (χ4n) is 4.79. The Balaban J connectivity index is 1.61. The van der Waals surface area contributed by atoms with Crippen molar-refractivity contribution in [3.63, 3.8) is 0 Å². The van der Waals surface area contributed by atoms with Gasteiger partial charge in [0, 0.05) is 49.9 Å². The molecule has 3 aromatic rings. The number of hydrogen-bond donors (Lipinski definition) is 2. The lowest BCUT2D eigenvalue weighted by Crippen LogP contribution is -2.33. The lowest BCUT2D eigenvalue weighted by atomic mass is 9.96. The number of pyridine rings is 1. The summed E-state index contributed by atoms with van der Waals surface area (Å²) in [6.07, 6.45) is 2.13. The van der Waals surface area contributed by atoms with E-state index >= 15 is 0 Å². The fourth-order valence-corrected chi connectivity index (χ4v) is 5.12. The van der Waals surface area contributed by atoms with Crippen LogP contribution in [0.4, 0.5) is 5.69 Å². The van der Waals surface area contributed by atoms with E-state index in [0.29, 0.717) is 24.7 Å². The van der Waals surface area contributed by atoms with Crippen LogP contribution in [-0.2, 0) is 16.1 Å². The van der Waals surface area contributed by atoms with Gasteiger partial charge in [0.15, 0.2) is 5.11 Å². The molecule has 0 bridgehead atoms. The van der Waals surface area contributed by atoms with Crippen LogP contribution in [0, 0.1) is 20.8 Å². The summed E-state index contributed by atoms with van der Waals surface area (Å²) < 4.78 is 7.60. The summed E-state index contributed by atoms with van der Waals surface area (Å²) in [4.78, 5) is 19.6. The molecular formula is C27H33N5O2S. The van der Waals surface area contributed by atoms with Crippen molar-refractivity contribution in [1.29, 1.82) is 0 Å². The first-order chi connectivity index (χ1) is 16.9. The number of hydrogen-bond acceptors (Lipinski definition) is 4. The summed E-state index contributed by atoms with van der Waals surface area (Å²) in [6, 6.07) is 15.8. The molecule has 2 atom stereocenters. The van der Waals surface area contributed by atoms with Crippen molar-refractivity contribution in [3.05, 3.63) is 82.9 Å². The molecule has 1 aliphatic heterocycles. The number of nitrogens with one attached hydrogen (secondary N) is 2. The SMILES string of the molecule is COCCn1c(C)cc([C@@H]2[C@@H](c3ccccn3)NC(=S)N2CCC(=O)Nc2ccccc2C)c1C. The number of thiocarbonyl (C=S) groups is 1. The number of ether oxygens (including phenoxy) is 1. The van der Waals surface area contributed by atoms with Crippen LogP contribution in [0.25, 0.3) is 0 Å². The van der Waals surface area contributed by atoms with E-state index in [4.69, 9.17) is 17.0 Å². The summed E-state index contributed by atoms with van der Waals surface area (Å²) in [5.41, 5.74) is 6.32. The molecule has 1 amide bonds. The third kappa shape index (κ3) is 5.39. The number of amides is 1. The zero-order chi connectivity index (χ0) is 24.9. The topological polar surface area (TPSA) is 71.4 Å². The van der Waals surface area contributed by atoms with Crippen LogP contribution in [0.1, 0.15) is 46.7 Å². The van der Waals surface area contributed by atoms with E-state index in [1.54, 1.807) is 13.3 Å². The monoisotopic (exact) mass is 491 g/mol. The van der Waals surface area contributed by atoms with Gasteiger partial charge in [-0.3, -0.25) is 9.78 Å². The number of carbonyl (C=O) groups excluding carboxylic acids is 1. The number of benzene rings is 1. The molecule has 1 aromatic carbocycles. The summed E-state index contributed by atoms with van der Waals surface area (Å²) in [7, 11) is 1.72.